The van der Waals surface area contributed by atoms with Crippen LogP contribution in [0.3, 0.4) is 0 Å². The number of phenolic OH excluding ortho intramolecular Hbond substituents is 1. The lowest BCUT2D eigenvalue weighted by molar-refractivity contribution is -0.137. The summed E-state index contributed by atoms with van der Waals surface area (Å²) in [5.74, 6) is -0.400. The fraction of sp³-hybridized carbons (Fsp3) is 0.167. The molecule has 0 fully saturated rings. The molecule has 1 amide bonds. The van der Waals surface area contributed by atoms with Crippen LogP contribution in [0.25, 0.3) is 11.6 Å². The van der Waals surface area contributed by atoms with Crippen molar-refractivity contribution in [3.63, 3.8) is 0 Å². The van der Waals surface area contributed by atoms with Gasteiger partial charge >= 0.3 is 6.18 Å². The standard InChI is InChI=1S/C18H14F3NO3/c1-2-25-15-5-3-4-10(16(15)23)8-13-12-7-6-11(18(19,20)21)9-14(12)22-17(13)24/h3-9,23H,2H2,1H3,(H,22,24)/b13-8-. The number of hydrogen-bond acceptors (Lipinski definition) is 3. The second kappa shape index (κ2) is 6.16. The predicted molar refractivity (Wildman–Crippen MR) is 87.2 cm³/mol. The van der Waals surface area contributed by atoms with Crippen LogP contribution >= 0.6 is 0 Å². The third-order valence-corrected chi connectivity index (χ3v) is 3.76. The van der Waals surface area contributed by atoms with Crippen molar-refractivity contribution in [2.45, 2.75) is 13.1 Å². The number of para-hydroxylation sites is 1. The van der Waals surface area contributed by atoms with Gasteiger partial charge in [-0.05, 0) is 31.2 Å². The lowest BCUT2D eigenvalue weighted by atomic mass is 10.0. The van der Waals surface area contributed by atoms with E-state index in [0.29, 0.717) is 17.7 Å². The summed E-state index contributed by atoms with van der Waals surface area (Å²) >= 11 is 0. The Morgan fingerprint density at radius 1 is 1.24 bits per heavy atom. The average Bonchev–Trinajstić information content (AvgIpc) is 2.85. The van der Waals surface area contributed by atoms with Gasteiger partial charge < -0.3 is 15.2 Å². The second-order valence-corrected chi connectivity index (χ2v) is 5.40. The molecule has 2 N–H and O–H groups in total. The maximum absolute atomic E-state index is 12.8. The zero-order chi connectivity index (χ0) is 18.2. The van der Waals surface area contributed by atoms with E-state index in [0.717, 1.165) is 12.1 Å². The molecule has 0 radical (unpaired) electrons. The molecule has 0 spiro atoms. The van der Waals surface area contributed by atoms with Gasteiger partial charge in [-0.3, -0.25) is 4.79 Å². The number of halogens is 3. The van der Waals surface area contributed by atoms with Gasteiger partial charge in [0.2, 0.25) is 0 Å². The average molecular weight is 349 g/mol. The number of ether oxygens (including phenoxy) is 1. The maximum Gasteiger partial charge on any atom is 0.416 e. The highest BCUT2D eigenvalue weighted by Crippen LogP contribution is 2.40. The number of alkyl halides is 3. The van der Waals surface area contributed by atoms with Crippen molar-refractivity contribution in [1.82, 2.24) is 0 Å². The Bertz CT molecular complexity index is 872. The first-order valence-corrected chi connectivity index (χ1v) is 7.50. The van der Waals surface area contributed by atoms with Crippen molar-refractivity contribution < 1.29 is 27.8 Å². The van der Waals surface area contributed by atoms with E-state index in [-0.39, 0.29) is 22.8 Å². The monoisotopic (exact) mass is 349 g/mol. The van der Waals surface area contributed by atoms with Crippen molar-refractivity contribution in [1.29, 1.82) is 0 Å². The summed E-state index contributed by atoms with van der Waals surface area (Å²) in [4.78, 5) is 12.1. The summed E-state index contributed by atoms with van der Waals surface area (Å²) in [6.45, 7) is 2.13. The highest BCUT2D eigenvalue weighted by Gasteiger charge is 2.33. The zero-order valence-corrected chi connectivity index (χ0v) is 13.1. The fourth-order valence-electron chi connectivity index (χ4n) is 2.60. The highest BCUT2D eigenvalue weighted by atomic mass is 19.4. The molecular weight excluding hydrogens is 335 g/mol. The van der Waals surface area contributed by atoms with Crippen LogP contribution in [0.15, 0.2) is 36.4 Å². The van der Waals surface area contributed by atoms with Crippen molar-refractivity contribution in [3.8, 4) is 11.5 Å². The van der Waals surface area contributed by atoms with Crippen LogP contribution < -0.4 is 10.1 Å². The Labute approximate surface area is 141 Å². The zero-order valence-electron chi connectivity index (χ0n) is 13.1. The Morgan fingerprint density at radius 2 is 2.00 bits per heavy atom. The number of benzene rings is 2. The molecule has 0 unspecified atom stereocenters. The van der Waals surface area contributed by atoms with E-state index < -0.39 is 17.6 Å². The summed E-state index contributed by atoms with van der Waals surface area (Å²) in [7, 11) is 0. The summed E-state index contributed by atoms with van der Waals surface area (Å²) in [5.41, 5.74) is 0.108. The van der Waals surface area contributed by atoms with Crippen LogP contribution in [-0.4, -0.2) is 17.6 Å². The van der Waals surface area contributed by atoms with Crippen LogP contribution in [0, 0.1) is 0 Å². The first-order chi connectivity index (χ1) is 11.8. The number of fused-ring (bicyclic) bond motifs is 1. The largest absolute Gasteiger partial charge is 0.504 e. The molecule has 0 saturated carbocycles. The van der Waals surface area contributed by atoms with Crippen molar-refractivity contribution in [2.75, 3.05) is 11.9 Å². The summed E-state index contributed by atoms with van der Waals surface area (Å²) < 4.78 is 43.7. The minimum absolute atomic E-state index is 0.0894. The number of phenols is 1. The van der Waals surface area contributed by atoms with Gasteiger partial charge in [-0.2, -0.15) is 13.2 Å². The van der Waals surface area contributed by atoms with E-state index >= 15 is 0 Å². The van der Waals surface area contributed by atoms with Gasteiger partial charge in [0, 0.05) is 22.4 Å². The molecule has 0 saturated heterocycles. The number of carbonyl (C=O) groups excluding carboxylic acids is 1. The molecule has 4 nitrogen and oxygen atoms in total. The van der Waals surface area contributed by atoms with E-state index in [1.165, 1.54) is 12.1 Å². The number of carbonyl (C=O) groups is 1. The molecule has 0 aliphatic carbocycles. The fourth-order valence-corrected chi connectivity index (χ4v) is 2.60. The molecule has 1 heterocycles. The van der Waals surface area contributed by atoms with Crippen LogP contribution in [0.4, 0.5) is 18.9 Å². The van der Waals surface area contributed by atoms with Gasteiger partial charge in [0.15, 0.2) is 11.5 Å². The van der Waals surface area contributed by atoms with Gasteiger partial charge in [-0.1, -0.05) is 18.2 Å². The third kappa shape index (κ3) is 3.17. The molecule has 2 aromatic rings. The Kier molecular flexibility index (Phi) is 4.16. The van der Waals surface area contributed by atoms with E-state index in [1.54, 1.807) is 25.1 Å². The molecule has 130 valence electrons. The van der Waals surface area contributed by atoms with Crippen LogP contribution in [0.2, 0.25) is 0 Å². The quantitative estimate of drug-likeness (QED) is 0.812. The topological polar surface area (TPSA) is 58.6 Å². The molecule has 25 heavy (non-hydrogen) atoms. The molecular formula is C18H14F3NO3. The van der Waals surface area contributed by atoms with Gasteiger partial charge in [0.25, 0.3) is 5.91 Å². The lowest BCUT2D eigenvalue weighted by Crippen LogP contribution is -2.06. The maximum atomic E-state index is 12.8. The molecule has 1 aliphatic rings. The van der Waals surface area contributed by atoms with Gasteiger partial charge in [0.1, 0.15) is 0 Å². The number of anilines is 1. The highest BCUT2D eigenvalue weighted by molar-refractivity contribution is 6.35. The number of amides is 1. The van der Waals surface area contributed by atoms with Gasteiger partial charge in [-0.25, -0.2) is 0 Å². The minimum atomic E-state index is -4.49. The van der Waals surface area contributed by atoms with E-state index in [4.69, 9.17) is 4.74 Å². The molecule has 2 aromatic carbocycles. The molecule has 0 bridgehead atoms. The lowest BCUT2D eigenvalue weighted by Gasteiger charge is -2.09. The van der Waals surface area contributed by atoms with E-state index in [2.05, 4.69) is 5.32 Å². The number of rotatable bonds is 3. The molecule has 3 rings (SSSR count). The number of hydrogen-bond donors (Lipinski definition) is 2. The van der Waals surface area contributed by atoms with E-state index in [9.17, 15) is 23.1 Å². The normalized spacial score (nSPS) is 15.2. The van der Waals surface area contributed by atoms with Gasteiger partial charge in [0.05, 0.1) is 12.2 Å². The second-order valence-electron chi connectivity index (χ2n) is 5.40. The molecule has 1 aliphatic heterocycles. The number of aromatic hydroxyl groups is 1. The van der Waals surface area contributed by atoms with Crippen LogP contribution in [0.5, 0.6) is 11.5 Å². The van der Waals surface area contributed by atoms with Crippen LogP contribution in [0.1, 0.15) is 23.6 Å². The molecule has 7 heteroatoms. The Morgan fingerprint density at radius 3 is 2.68 bits per heavy atom. The molecule has 0 atom stereocenters. The Balaban J connectivity index is 2.05. The minimum Gasteiger partial charge on any atom is -0.504 e. The molecule has 0 aromatic heterocycles. The number of nitrogens with one attached hydrogen (secondary N) is 1. The van der Waals surface area contributed by atoms with Crippen molar-refractivity contribution >= 4 is 23.2 Å². The first-order valence-electron chi connectivity index (χ1n) is 7.50. The van der Waals surface area contributed by atoms with E-state index in [1.807, 2.05) is 0 Å². The summed E-state index contributed by atoms with van der Waals surface area (Å²) in [6, 6.07) is 7.87. The van der Waals surface area contributed by atoms with Crippen LogP contribution in [-0.2, 0) is 11.0 Å². The summed E-state index contributed by atoms with van der Waals surface area (Å²) in [6.07, 6.45) is -3.07. The Hall–Kier alpha value is -2.96. The smallest absolute Gasteiger partial charge is 0.416 e. The first kappa shape index (κ1) is 16.9. The van der Waals surface area contributed by atoms with Gasteiger partial charge in [-0.15, -0.1) is 0 Å². The summed E-state index contributed by atoms with van der Waals surface area (Å²) in [5, 5.41) is 12.6. The van der Waals surface area contributed by atoms with Crippen molar-refractivity contribution in [3.05, 3.63) is 53.1 Å². The SMILES string of the molecule is CCOc1cccc(/C=C2\C(=O)Nc3cc(C(F)(F)F)ccc32)c1O. The third-order valence-electron chi connectivity index (χ3n) is 3.76. The van der Waals surface area contributed by atoms with Crippen molar-refractivity contribution in [2.24, 2.45) is 0 Å². The predicted octanol–water partition coefficient (Wildman–Crippen LogP) is 4.30.